The van der Waals surface area contributed by atoms with Crippen molar-refractivity contribution in [3.63, 3.8) is 0 Å². The number of aromatic nitrogens is 2. The summed E-state index contributed by atoms with van der Waals surface area (Å²) in [6.07, 6.45) is 0. The van der Waals surface area contributed by atoms with E-state index in [9.17, 15) is 4.79 Å². The van der Waals surface area contributed by atoms with Crippen LogP contribution in [0.25, 0.3) is 32.8 Å². The van der Waals surface area contributed by atoms with Crippen LogP contribution in [0.3, 0.4) is 0 Å². The van der Waals surface area contributed by atoms with E-state index in [1.807, 2.05) is 36.4 Å². The summed E-state index contributed by atoms with van der Waals surface area (Å²) in [5.74, 6) is 0. The van der Waals surface area contributed by atoms with Crippen LogP contribution in [0.4, 0.5) is 0 Å². The molecule has 4 heteroatoms. The molecule has 2 aromatic heterocycles. The van der Waals surface area contributed by atoms with Crippen molar-refractivity contribution < 1.29 is 0 Å². The lowest BCUT2D eigenvalue weighted by Gasteiger charge is -2.00. The topological polar surface area (TPSA) is 48.6 Å². The van der Waals surface area contributed by atoms with Crippen molar-refractivity contribution in [2.45, 2.75) is 0 Å². The minimum atomic E-state index is -0.0643. The summed E-state index contributed by atoms with van der Waals surface area (Å²) in [5.41, 5.74) is 3.04. The molecule has 2 aromatic carbocycles. The third-order valence-electron chi connectivity index (χ3n) is 3.43. The molecular formula is C15H9ClN2O. The van der Waals surface area contributed by atoms with Gasteiger partial charge in [0.05, 0.1) is 21.4 Å². The Balaban J connectivity index is 2.37. The highest BCUT2D eigenvalue weighted by atomic mass is 35.5. The normalized spacial score (nSPS) is 11.6. The van der Waals surface area contributed by atoms with Gasteiger partial charge in [0.15, 0.2) is 0 Å². The summed E-state index contributed by atoms with van der Waals surface area (Å²) in [6, 6.07) is 13.3. The van der Waals surface area contributed by atoms with E-state index >= 15 is 0 Å². The molecule has 0 saturated heterocycles. The number of benzene rings is 2. The minimum Gasteiger partial charge on any atom is -0.353 e. The number of rotatable bonds is 0. The van der Waals surface area contributed by atoms with Crippen LogP contribution in [0, 0.1) is 0 Å². The second-order valence-electron chi connectivity index (χ2n) is 4.54. The molecule has 0 aliphatic carbocycles. The Labute approximate surface area is 112 Å². The van der Waals surface area contributed by atoms with E-state index in [0.717, 1.165) is 21.9 Å². The van der Waals surface area contributed by atoms with Gasteiger partial charge in [-0.2, -0.15) is 0 Å². The molecule has 3 nitrogen and oxygen atoms in total. The minimum absolute atomic E-state index is 0.0643. The summed E-state index contributed by atoms with van der Waals surface area (Å²) in [5, 5.41) is 2.01. The first-order valence-electron chi connectivity index (χ1n) is 5.96. The molecule has 4 rings (SSSR count). The van der Waals surface area contributed by atoms with E-state index in [2.05, 4.69) is 9.97 Å². The fourth-order valence-electron chi connectivity index (χ4n) is 2.56. The molecule has 0 aliphatic rings. The second-order valence-corrected chi connectivity index (χ2v) is 4.94. The molecule has 92 valence electrons. The molecule has 0 amide bonds. The number of aromatic amines is 2. The summed E-state index contributed by atoms with van der Waals surface area (Å²) < 4.78 is 0. The Morgan fingerprint density at radius 3 is 2.47 bits per heavy atom. The molecule has 0 saturated carbocycles. The molecule has 0 spiro atoms. The van der Waals surface area contributed by atoms with E-state index in [4.69, 9.17) is 11.6 Å². The quantitative estimate of drug-likeness (QED) is 0.500. The van der Waals surface area contributed by atoms with Crippen LogP contribution >= 0.6 is 11.6 Å². The van der Waals surface area contributed by atoms with Gasteiger partial charge in [0, 0.05) is 10.9 Å². The number of hydrogen-bond acceptors (Lipinski definition) is 1. The molecule has 0 radical (unpaired) electrons. The monoisotopic (exact) mass is 268 g/mol. The second kappa shape index (κ2) is 3.62. The highest BCUT2D eigenvalue weighted by Crippen LogP contribution is 2.26. The molecule has 2 N–H and O–H groups in total. The predicted octanol–water partition coefficient (Wildman–Crippen LogP) is 3.82. The van der Waals surface area contributed by atoms with E-state index < -0.39 is 0 Å². The summed E-state index contributed by atoms with van der Waals surface area (Å²) in [4.78, 5) is 19.0. The average molecular weight is 269 g/mol. The standard InChI is InChI=1S/C15H9ClN2O/c16-9-5-3-7-11-12(9)15(19)14-13(18-11)8-4-1-2-6-10(8)17-14/h1-7,17H,(H,18,19). The maximum atomic E-state index is 12.5. The van der Waals surface area contributed by atoms with Gasteiger partial charge in [-0.1, -0.05) is 35.9 Å². The Kier molecular flexibility index (Phi) is 2.03. The largest absolute Gasteiger partial charge is 0.353 e. The highest BCUT2D eigenvalue weighted by Gasteiger charge is 2.12. The van der Waals surface area contributed by atoms with Crippen molar-refractivity contribution in [1.82, 2.24) is 9.97 Å². The van der Waals surface area contributed by atoms with Crippen LogP contribution in [0.1, 0.15) is 0 Å². The third-order valence-corrected chi connectivity index (χ3v) is 3.75. The van der Waals surface area contributed by atoms with Crippen molar-refractivity contribution >= 4 is 44.4 Å². The van der Waals surface area contributed by atoms with Crippen LogP contribution < -0.4 is 5.43 Å². The SMILES string of the molecule is O=c1c2[nH]c3ccccc3c2[nH]c2cccc(Cl)c12. The number of pyridine rings is 1. The van der Waals surface area contributed by atoms with Crippen LogP contribution in [0.2, 0.25) is 5.02 Å². The number of nitrogens with one attached hydrogen (secondary N) is 2. The zero-order valence-corrected chi connectivity index (χ0v) is 10.6. The van der Waals surface area contributed by atoms with Crippen LogP contribution in [-0.4, -0.2) is 9.97 Å². The Hall–Kier alpha value is -2.26. The molecule has 19 heavy (non-hydrogen) atoms. The van der Waals surface area contributed by atoms with Crippen molar-refractivity contribution in [1.29, 1.82) is 0 Å². The first kappa shape index (κ1) is 10.6. The Bertz CT molecular complexity index is 997. The van der Waals surface area contributed by atoms with Gasteiger partial charge in [-0.3, -0.25) is 4.79 Å². The summed E-state index contributed by atoms with van der Waals surface area (Å²) >= 11 is 6.13. The summed E-state index contributed by atoms with van der Waals surface area (Å²) in [7, 11) is 0. The number of para-hydroxylation sites is 1. The van der Waals surface area contributed by atoms with E-state index in [-0.39, 0.29) is 5.43 Å². The van der Waals surface area contributed by atoms with E-state index in [1.54, 1.807) is 6.07 Å². The van der Waals surface area contributed by atoms with Gasteiger partial charge in [0.1, 0.15) is 5.52 Å². The maximum absolute atomic E-state index is 12.5. The molecule has 2 heterocycles. The lowest BCUT2D eigenvalue weighted by Crippen LogP contribution is -2.04. The molecule has 0 bridgehead atoms. The van der Waals surface area contributed by atoms with Gasteiger partial charge in [0.25, 0.3) is 0 Å². The van der Waals surface area contributed by atoms with Crippen molar-refractivity contribution in [3.8, 4) is 0 Å². The number of H-pyrrole nitrogens is 2. The van der Waals surface area contributed by atoms with Crippen molar-refractivity contribution in [2.24, 2.45) is 0 Å². The molecule has 0 unspecified atom stereocenters. The molecular weight excluding hydrogens is 260 g/mol. The fourth-order valence-corrected chi connectivity index (χ4v) is 2.82. The molecule has 0 fully saturated rings. The van der Waals surface area contributed by atoms with Crippen LogP contribution in [-0.2, 0) is 0 Å². The molecule has 0 atom stereocenters. The van der Waals surface area contributed by atoms with Gasteiger partial charge >= 0.3 is 0 Å². The van der Waals surface area contributed by atoms with Gasteiger partial charge in [-0.25, -0.2) is 0 Å². The Morgan fingerprint density at radius 1 is 0.842 bits per heavy atom. The lowest BCUT2D eigenvalue weighted by atomic mass is 10.1. The summed E-state index contributed by atoms with van der Waals surface area (Å²) in [6.45, 7) is 0. The Morgan fingerprint density at radius 2 is 1.58 bits per heavy atom. The molecule has 0 aliphatic heterocycles. The van der Waals surface area contributed by atoms with Gasteiger partial charge < -0.3 is 9.97 Å². The predicted molar refractivity (Wildman–Crippen MR) is 78.9 cm³/mol. The zero-order chi connectivity index (χ0) is 13.0. The third kappa shape index (κ3) is 1.36. The maximum Gasteiger partial charge on any atom is 0.214 e. The average Bonchev–Trinajstić information content (AvgIpc) is 2.78. The fraction of sp³-hybridized carbons (Fsp3) is 0. The van der Waals surface area contributed by atoms with Crippen LogP contribution in [0.5, 0.6) is 0 Å². The van der Waals surface area contributed by atoms with Gasteiger partial charge in [-0.05, 0) is 18.2 Å². The van der Waals surface area contributed by atoms with Gasteiger partial charge in [-0.15, -0.1) is 0 Å². The van der Waals surface area contributed by atoms with E-state index in [0.29, 0.717) is 15.9 Å². The van der Waals surface area contributed by atoms with Gasteiger partial charge in [0.2, 0.25) is 5.43 Å². The highest BCUT2D eigenvalue weighted by molar-refractivity contribution is 6.35. The number of hydrogen-bond donors (Lipinski definition) is 2. The first-order chi connectivity index (χ1) is 9.25. The van der Waals surface area contributed by atoms with Crippen LogP contribution in [0.15, 0.2) is 47.3 Å². The zero-order valence-electron chi connectivity index (χ0n) is 9.83. The lowest BCUT2D eigenvalue weighted by molar-refractivity contribution is 1.46. The van der Waals surface area contributed by atoms with Crippen molar-refractivity contribution in [3.05, 3.63) is 57.7 Å². The first-order valence-corrected chi connectivity index (χ1v) is 6.34. The van der Waals surface area contributed by atoms with E-state index in [1.165, 1.54) is 0 Å². The number of halogens is 1. The number of fused-ring (bicyclic) bond motifs is 4. The van der Waals surface area contributed by atoms with Crippen molar-refractivity contribution in [2.75, 3.05) is 0 Å². The smallest absolute Gasteiger partial charge is 0.214 e. The molecule has 4 aromatic rings.